The Kier molecular flexibility index (Phi) is 6.21. The Morgan fingerprint density at radius 2 is 1.85 bits per heavy atom. The van der Waals surface area contributed by atoms with Gasteiger partial charge >= 0.3 is 0 Å². The molecular weight excluding hydrogens is 270 g/mol. The van der Waals surface area contributed by atoms with Gasteiger partial charge in [-0.3, -0.25) is 0 Å². The van der Waals surface area contributed by atoms with Crippen molar-refractivity contribution in [2.24, 2.45) is 0 Å². The highest BCUT2D eigenvalue weighted by Gasteiger charge is 2.30. The Morgan fingerprint density at radius 1 is 1.20 bits per heavy atom. The zero-order valence-corrected chi connectivity index (χ0v) is 14.0. The summed E-state index contributed by atoms with van der Waals surface area (Å²) in [6.45, 7) is 10.6. The van der Waals surface area contributed by atoms with E-state index in [2.05, 4.69) is 12.2 Å². The topological polar surface area (TPSA) is 46.2 Å². The van der Waals surface area contributed by atoms with Gasteiger partial charge in [0.25, 0.3) is 0 Å². The van der Waals surface area contributed by atoms with Crippen molar-refractivity contribution < 1.29 is 8.42 Å². The predicted octanol–water partition coefficient (Wildman–Crippen LogP) is 3.24. The first-order valence-electron chi connectivity index (χ1n) is 7.39. The fourth-order valence-electron chi connectivity index (χ4n) is 2.51. The van der Waals surface area contributed by atoms with E-state index in [1.807, 2.05) is 39.8 Å². The Hall–Kier alpha value is -0.870. The third kappa shape index (κ3) is 3.83. The summed E-state index contributed by atoms with van der Waals surface area (Å²) in [4.78, 5) is 0.465. The Bertz CT molecular complexity index is 537. The summed E-state index contributed by atoms with van der Waals surface area (Å²) >= 11 is 0. The molecule has 4 heteroatoms. The van der Waals surface area contributed by atoms with Crippen molar-refractivity contribution in [3.63, 3.8) is 0 Å². The number of nitrogens with one attached hydrogen (secondary N) is 1. The van der Waals surface area contributed by atoms with Crippen molar-refractivity contribution in [3.05, 3.63) is 29.3 Å². The van der Waals surface area contributed by atoms with Gasteiger partial charge < -0.3 is 5.32 Å². The maximum atomic E-state index is 12.8. The van der Waals surface area contributed by atoms with E-state index in [9.17, 15) is 8.42 Å². The SMILES string of the molecule is CCCNC(CC)C(C)S(=O)(=O)c1ccc(C)cc1C. The molecule has 1 rings (SSSR count). The summed E-state index contributed by atoms with van der Waals surface area (Å²) < 4.78 is 25.6. The highest BCUT2D eigenvalue weighted by atomic mass is 32.2. The van der Waals surface area contributed by atoms with Crippen LogP contribution in [0.1, 0.15) is 44.7 Å². The van der Waals surface area contributed by atoms with Gasteiger partial charge in [-0.1, -0.05) is 31.5 Å². The average molecular weight is 297 g/mol. The molecule has 0 spiro atoms. The number of benzene rings is 1. The molecule has 1 aromatic rings. The van der Waals surface area contributed by atoms with Crippen LogP contribution in [0, 0.1) is 13.8 Å². The van der Waals surface area contributed by atoms with Crippen LogP contribution in [0.2, 0.25) is 0 Å². The molecule has 3 nitrogen and oxygen atoms in total. The molecule has 0 aliphatic carbocycles. The molecule has 0 aliphatic heterocycles. The molecule has 0 amide bonds. The van der Waals surface area contributed by atoms with Gasteiger partial charge in [0.1, 0.15) is 0 Å². The van der Waals surface area contributed by atoms with Gasteiger partial charge in [0.05, 0.1) is 10.1 Å². The summed E-state index contributed by atoms with van der Waals surface area (Å²) in [5.41, 5.74) is 1.92. The summed E-state index contributed by atoms with van der Waals surface area (Å²) in [7, 11) is -3.29. The minimum absolute atomic E-state index is 0.000605. The second kappa shape index (κ2) is 7.23. The highest BCUT2D eigenvalue weighted by Crippen LogP contribution is 2.23. The lowest BCUT2D eigenvalue weighted by Crippen LogP contribution is -2.42. The van der Waals surface area contributed by atoms with Gasteiger partial charge in [-0.2, -0.15) is 0 Å². The minimum atomic E-state index is -3.29. The van der Waals surface area contributed by atoms with Crippen molar-refractivity contribution in [3.8, 4) is 0 Å². The van der Waals surface area contributed by atoms with Crippen LogP contribution in [0.15, 0.2) is 23.1 Å². The lowest BCUT2D eigenvalue weighted by atomic mass is 10.1. The molecule has 1 aromatic carbocycles. The van der Waals surface area contributed by atoms with Gasteiger partial charge in [-0.25, -0.2) is 8.42 Å². The van der Waals surface area contributed by atoms with Crippen molar-refractivity contribution in [2.75, 3.05) is 6.54 Å². The molecule has 1 N–H and O–H groups in total. The van der Waals surface area contributed by atoms with Crippen LogP contribution in [0.4, 0.5) is 0 Å². The number of rotatable bonds is 7. The van der Waals surface area contributed by atoms with Crippen LogP contribution in [-0.4, -0.2) is 26.3 Å². The Balaban J connectivity index is 3.07. The molecule has 2 unspecified atom stereocenters. The molecule has 0 radical (unpaired) electrons. The molecule has 0 aromatic heterocycles. The van der Waals surface area contributed by atoms with Crippen LogP contribution < -0.4 is 5.32 Å². The maximum Gasteiger partial charge on any atom is 0.182 e. The third-order valence-electron chi connectivity index (χ3n) is 3.79. The lowest BCUT2D eigenvalue weighted by molar-refractivity contribution is 0.471. The van der Waals surface area contributed by atoms with Crippen LogP contribution >= 0.6 is 0 Å². The molecule has 20 heavy (non-hydrogen) atoms. The molecule has 0 heterocycles. The van der Waals surface area contributed by atoms with E-state index >= 15 is 0 Å². The second-order valence-corrected chi connectivity index (χ2v) is 7.76. The predicted molar refractivity (Wildman–Crippen MR) is 84.9 cm³/mol. The molecule has 0 saturated carbocycles. The van der Waals surface area contributed by atoms with E-state index < -0.39 is 15.1 Å². The second-order valence-electron chi connectivity index (χ2n) is 5.49. The summed E-state index contributed by atoms with van der Waals surface area (Å²) in [5, 5.41) is 2.93. The fraction of sp³-hybridized carbons (Fsp3) is 0.625. The van der Waals surface area contributed by atoms with Crippen molar-refractivity contribution in [1.29, 1.82) is 0 Å². The van der Waals surface area contributed by atoms with Gasteiger partial charge in [0, 0.05) is 6.04 Å². The van der Waals surface area contributed by atoms with Gasteiger partial charge in [-0.05, 0) is 51.8 Å². The molecular formula is C16H27NO2S. The van der Waals surface area contributed by atoms with E-state index in [1.54, 1.807) is 6.07 Å². The van der Waals surface area contributed by atoms with Crippen molar-refractivity contribution in [1.82, 2.24) is 5.32 Å². The standard InChI is InChI=1S/C16H27NO2S/c1-6-10-17-15(7-2)14(5)20(18,19)16-9-8-12(3)11-13(16)4/h8-9,11,14-15,17H,6-7,10H2,1-5H3. The number of sulfone groups is 1. The Morgan fingerprint density at radius 3 is 2.35 bits per heavy atom. The zero-order valence-electron chi connectivity index (χ0n) is 13.2. The smallest absolute Gasteiger partial charge is 0.182 e. The summed E-state index contributed by atoms with van der Waals surface area (Å²) in [6, 6.07) is 5.54. The summed E-state index contributed by atoms with van der Waals surface area (Å²) in [6.07, 6.45) is 1.82. The number of hydrogen-bond acceptors (Lipinski definition) is 3. The van der Waals surface area contributed by atoms with E-state index in [0.717, 1.165) is 30.5 Å². The van der Waals surface area contributed by atoms with Crippen LogP contribution in [0.3, 0.4) is 0 Å². The maximum absolute atomic E-state index is 12.8. The van der Waals surface area contributed by atoms with Crippen LogP contribution in [-0.2, 0) is 9.84 Å². The van der Waals surface area contributed by atoms with Gasteiger partial charge in [-0.15, -0.1) is 0 Å². The van der Waals surface area contributed by atoms with E-state index in [-0.39, 0.29) is 6.04 Å². The fourth-order valence-corrected chi connectivity index (χ4v) is 4.39. The lowest BCUT2D eigenvalue weighted by Gasteiger charge is -2.24. The third-order valence-corrected chi connectivity index (χ3v) is 6.17. The average Bonchev–Trinajstić information content (AvgIpc) is 2.38. The molecule has 0 fully saturated rings. The molecule has 0 aliphatic rings. The van der Waals surface area contributed by atoms with Crippen molar-refractivity contribution >= 4 is 9.84 Å². The molecule has 114 valence electrons. The normalized spacial score (nSPS) is 15.1. The monoisotopic (exact) mass is 297 g/mol. The quantitative estimate of drug-likeness (QED) is 0.840. The van der Waals surface area contributed by atoms with Gasteiger partial charge in [0.15, 0.2) is 9.84 Å². The van der Waals surface area contributed by atoms with E-state index in [1.165, 1.54) is 0 Å². The highest BCUT2D eigenvalue weighted by molar-refractivity contribution is 7.92. The van der Waals surface area contributed by atoms with E-state index in [4.69, 9.17) is 0 Å². The molecule has 0 saturated heterocycles. The van der Waals surface area contributed by atoms with Crippen LogP contribution in [0.25, 0.3) is 0 Å². The first-order valence-corrected chi connectivity index (χ1v) is 8.93. The Labute approximate surface area is 123 Å². The first kappa shape index (κ1) is 17.2. The zero-order chi connectivity index (χ0) is 15.3. The largest absolute Gasteiger partial charge is 0.313 e. The number of aryl methyl sites for hydroxylation is 2. The molecule has 2 atom stereocenters. The van der Waals surface area contributed by atoms with Gasteiger partial charge in [0.2, 0.25) is 0 Å². The first-order chi connectivity index (χ1) is 9.34. The molecule has 0 bridgehead atoms. The van der Waals surface area contributed by atoms with Crippen LogP contribution in [0.5, 0.6) is 0 Å². The minimum Gasteiger partial charge on any atom is -0.313 e. The number of hydrogen-bond donors (Lipinski definition) is 1. The van der Waals surface area contributed by atoms with Crippen molar-refractivity contribution in [2.45, 2.75) is 63.6 Å². The summed E-state index contributed by atoms with van der Waals surface area (Å²) in [5.74, 6) is 0. The van der Waals surface area contributed by atoms with E-state index in [0.29, 0.717) is 4.90 Å².